The monoisotopic (exact) mass is 292 g/mol. The third-order valence-corrected chi connectivity index (χ3v) is 2.96. The molecule has 0 spiro atoms. The summed E-state index contributed by atoms with van der Waals surface area (Å²) < 4.78 is 0. The lowest BCUT2D eigenvalue weighted by Gasteiger charge is -2.05. The number of rotatable bonds is 4. The Balaban J connectivity index is 2.28. The molecule has 1 aromatic heterocycles. The van der Waals surface area contributed by atoms with Gasteiger partial charge in [-0.15, -0.1) is 0 Å². The number of carbonyl (C=O) groups excluding carboxylic acids is 1. The van der Waals surface area contributed by atoms with Crippen molar-refractivity contribution in [3.8, 4) is 11.3 Å². The molecule has 0 aliphatic carbocycles. The highest BCUT2D eigenvalue weighted by Crippen LogP contribution is 2.18. The molecule has 0 radical (unpaired) electrons. The van der Waals surface area contributed by atoms with Crippen LogP contribution in [0.15, 0.2) is 41.2 Å². The fourth-order valence-corrected chi connectivity index (χ4v) is 1.84. The van der Waals surface area contributed by atoms with Crippen molar-refractivity contribution in [3.63, 3.8) is 0 Å². The van der Waals surface area contributed by atoms with Gasteiger partial charge >= 0.3 is 0 Å². The predicted octanol–water partition coefficient (Wildman–Crippen LogP) is 1.42. The number of halogens is 1. The number of aromatic nitrogens is 1. The van der Waals surface area contributed by atoms with Gasteiger partial charge in [0.1, 0.15) is 5.56 Å². The lowest BCUT2D eigenvalue weighted by Crippen LogP contribution is -2.31. The van der Waals surface area contributed by atoms with Gasteiger partial charge in [-0.3, -0.25) is 9.59 Å². The summed E-state index contributed by atoms with van der Waals surface area (Å²) in [4.78, 5) is 26.2. The molecule has 1 amide bonds. The van der Waals surface area contributed by atoms with E-state index in [9.17, 15) is 9.59 Å². The first kappa shape index (κ1) is 14.3. The molecule has 20 heavy (non-hydrogen) atoms. The summed E-state index contributed by atoms with van der Waals surface area (Å²) in [6.07, 6.45) is 0. The molecule has 2 rings (SSSR count). The summed E-state index contributed by atoms with van der Waals surface area (Å²) in [6, 6.07) is 10.1. The van der Waals surface area contributed by atoms with E-state index in [0.717, 1.165) is 5.56 Å². The number of carbonyl (C=O) groups is 1. The van der Waals surface area contributed by atoms with Gasteiger partial charge in [-0.1, -0.05) is 23.7 Å². The van der Waals surface area contributed by atoms with E-state index in [-0.39, 0.29) is 18.7 Å². The van der Waals surface area contributed by atoms with Crippen LogP contribution in [0.25, 0.3) is 11.3 Å². The summed E-state index contributed by atoms with van der Waals surface area (Å²) in [7, 11) is 0. The molecule has 0 saturated heterocycles. The van der Waals surface area contributed by atoms with Crippen molar-refractivity contribution < 1.29 is 9.90 Å². The molecule has 0 aliphatic rings. The quantitative estimate of drug-likeness (QED) is 0.797. The van der Waals surface area contributed by atoms with Crippen molar-refractivity contribution in [1.29, 1.82) is 0 Å². The van der Waals surface area contributed by atoms with Gasteiger partial charge < -0.3 is 15.4 Å². The maximum absolute atomic E-state index is 11.9. The average Bonchev–Trinajstić information content (AvgIpc) is 2.45. The predicted molar refractivity (Wildman–Crippen MR) is 76.9 cm³/mol. The van der Waals surface area contributed by atoms with Crippen LogP contribution in [0.4, 0.5) is 0 Å². The maximum Gasteiger partial charge on any atom is 0.261 e. The third-order valence-electron chi connectivity index (χ3n) is 2.71. The Morgan fingerprint density at radius 2 is 1.90 bits per heavy atom. The van der Waals surface area contributed by atoms with Crippen LogP contribution in [-0.2, 0) is 0 Å². The third kappa shape index (κ3) is 3.26. The standard InChI is InChI=1S/C14H13ClN2O3/c15-10-3-1-9(2-4-10)12-6-5-11(14(20)17-12)13(19)16-7-8-18/h1-6,18H,7-8H2,(H,16,19)(H,17,20). The molecule has 1 aromatic carbocycles. The van der Waals surface area contributed by atoms with Crippen molar-refractivity contribution in [3.05, 3.63) is 57.3 Å². The molecule has 104 valence electrons. The lowest BCUT2D eigenvalue weighted by molar-refractivity contribution is 0.0943. The number of hydrogen-bond acceptors (Lipinski definition) is 3. The van der Waals surface area contributed by atoms with Gasteiger partial charge in [-0.05, 0) is 29.8 Å². The van der Waals surface area contributed by atoms with Gasteiger partial charge in [-0.2, -0.15) is 0 Å². The highest BCUT2D eigenvalue weighted by Gasteiger charge is 2.10. The van der Waals surface area contributed by atoms with E-state index in [0.29, 0.717) is 10.7 Å². The normalized spacial score (nSPS) is 10.3. The Morgan fingerprint density at radius 3 is 2.50 bits per heavy atom. The van der Waals surface area contributed by atoms with Gasteiger partial charge in [0.2, 0.25) is 0 Å². The van der Waals surface area contributed by atoms with Crippen molar-refractivity contribution in [1.82, 2.24) is 10.3 Å². The second-order valence-electron chi connectivity index (χ2n) is 4.10. The fraction of sp³-hybridized carbons (Fsp3) is 0.143. The van der Waals surface area contributed by atoms with Crippen molar-refractivity contribution >= 4 is 17.5 Å². The molecule has 0 bridgehead atoms. The average molecular weight is 293 g/mol. The summed E-state index contributed by atoms with van der Waals surface area (Å²) in [5, 5.41) is 11.7. The highest BCUT2D eigenvalue weighted by atomic mass is 35.5. The zero-order valence-electron chi connectivity index (χ0n) is 10.5. The van der Waals surface area contributed by atoms with Crippen LogP contribution in [0.1, 0.15) is 10.4 Å². The Bertz CT molecular complexity index is 665. The summed E-state index contributed by atoms with van der Waals surface area (Å²) in [6.45, 7) is -0.0658. The molecule has 6 heteroatoms. The zero-order chi connectivity index (χ0) is 14.5. The Labute approximate surface area is 120 Å². The van der Waals surface area contributed by atoms with Crippen LogP contribution in [-0.4, -0.2) is 29.1 Å². The molecular formula is C14H13ClN2O3. The largest absolute Gasteiger partial charge is 0.395 e. The van der Waals surface area contributed by atoms with Crippen LogP contribution in [0.3, 0.4) is 0 Å². The zero-order valence-corrected chi connectivity index (χ0v) is 11.3. The van der Waals surface area contributed by atoms with E-state index < -0.39 is 11.5 Å². The minimum absolute atomic E-state index is 0.0103. The topological polar surface area (TPSA) is 82.2 Å². The van der Waals surface area contributed by atoms with E-state index in [1.807, 2.05) is 0 Å². The Morgan fingerprint density at radius 1 is 1.20 bits per heavy atom. The first-order valence-corrected chi connectivity index (χ1v) is 6.38. The minimum Gasteiger partial charge on any atom is -0.395 e. The van der Waals surface area contributed by atoms with E-state index >= 15 is 0 Å². The van der Waals surface area contributed by atoms with E-state index in [2.05, 4.69) is 10.3 Å². The fourth-order valence-electron chi connectivity index (χ4n) is 1.71. The first-order chi connectivity index (χ1) is 9.61. The molecule has 0 unspecified atom stereocenters. The number of aliphatic hydroxyl groups is 1. The summed E-state index contributed by atoms with van der Waals surface area (Å²) in [5.41, 5.74) is 0.934. The van der Waals surface area contributed by atoms with Crippen LogP contribution in [0, 0.1) is 0 Å². The highest BCUT2D eigenvalue weighted by molar-refractivity contribution is 6.30. The molecule has 0 aliphatic heterocycles. The molecule has 5 nitrogen and oxygen atoms in total. The van der Waals surface area contributed by atoms with Crippen molar-refractivity contribution in [2.24, 2.45) is 0 Å². The van der Waals surface area contributed by atoms with Gasteiger partial charge in [0.05, 0.1) is 6.61 Å². The van der Waals surface area contributed by atoms with Crippen molar-refractivity contribution in [2.45, 2.75) is 0 Å². The van der Waals surface area contributed by atoms with E-state index in [1.165, 1.54) is 6.07 Å². The van der Waals surface area contributed by atoms with E-state index in [4.69, 9.17) is 16.7 Å². The number of benzene rings is 1. The molecule has 2 aromatic rings. The smallest absolute Gasteiger partial charge is 0.261 e. The van der Waals surface area contributed by atoms with Gasteiger partial charge in [0.25, 0.3) is 11.5 Å². The second-order valence-corrected chi connectivity index (χ2v) is 4.54. The lowest BCUT2D eigenvalue weighted by atomic mass is 10.1. The van der Waals surface area contributed by atoms with Crippen LogP contribution < -0.4 is 10.9 Å². The number of amides is 1. The van der Waals surface area contributed by atoms with Crippen LogP contribution in [0.2, 0.25) is 5.02 Å². The van der Waals surface area contributed by atoms with Gasteiger partial charge in [0, 0.05) is 17.3 Å². The summed E-state index contributed by atoms with van der Waals surface area (Å²) >= 11 is 5.80. The summed E-state index contributed by atoms with van der Waals surface area (Å²) in [5.74, 6) is -0.511. The number of nitrogens with one attached hydrogen (secondary N) is 2. The molecule has 0 fully saturated rings. The molecule has 0 saturated carbocycles. The number of hydrogen-bond donors (Lipinski definition) is 3. The number of pyridine rings is 1. The number of aliphatic hydroxyl groups excluding tert-OH is 1. The van der Waals surface area contributed by atoms with Crippen molar-refractivity contribution in [2.75, 3.05) is 13.2 Å². The molecule has 1 heterocycles. The molecule has 3 N–H and O–H groups in total. The van der Waals surface area contributed by atoms with E-state index in [1.54, 1.807) is 30.3 Å². The van der Waals surface area contributed by atoms with Gasteiger partial charge in [0.15, 0.2) is 0 Å². The Kier molecular flexibility index (Phi) is 4.55. The number of aromatic amines is 1. The van der Waals surface area contributed by atoms with Crippen LogP contribution in [0.5, 0.6) is 0 Å². The Hall–Kier alpha value is -2.11. The molecular weight excluding hydrogens is 280 g/mol. The maximum atomic E-state index is 11.9. The van der Waals surface area contributed by atoms with Gasteiger partial charge in [-0.25, -0.2) is 0 Å². The SMILES string of the molecule is O=C(NCCO)c1ccc(-c2ccc(Cl)cc2)[nH]c1=O. The molecule has 0 atom stereocenters. The second kappa shape index (κ2) is 6.36. The minimum atomic E-state index is -0.511. The first-order valence-electron chi connectivity index (χ1n) is 6.00. The number of H-pyrrole nitrogens is 1. The van der Waals surface area contributed by atoms with Crippen LogP contribution >= 0.6 is 11.6 Å².